The van der Waals surface area contributed by atoms with Crippen molar-refractivity contribution in [1.29, 1.82) is 0 Å². The van der Waals surface area contributed by atoms with Gasteiger partial charge in [-0.1, -0.05) is 6.92 Å². The first-order valence-corrected chi connectivity index (χ1v) is 5.86. The number of hydrogen-bond donors (Lipinski definition) is 3. The summed E-state index contributed by atoms with van der Waals surface area (Å²) in [4.78, 5) is 26.7. The lowest BCUT2D eigenvalue weighted by Crippen LogP contribution is -2.50. The fourth-order valence-electron chi connectivity index (χ4n) is 0.891. The van der Waals surface area contributed by atoms with Gasteiger partial charge in [-0.2, -0.15) is 0 Å². The zero-order chi connectivity index (χ0) is 9.19. The second kappa shape index (κ2) is 3.82. The number of rotatable bonds is 5. The van der Waals surface area contributed by atoms with Crippen LogP contribution in [-0.4, -0.2) is 48.2 Å². The average Bonchev–Trinajstić information content (AvgIpc) is 2.69. The average molecular weight is 194 g/mol. The minimum absolute atomic E-state index is 0.0791. The highest BCUT2D eigenvalue weighted by molar-refractivity contribution is 6.57. The molecular formula is C6H14O5Si. The third-order valence-electron chi connectivity index (χ3n) is 1.69. The fourth-order valence-corrected chi connectivity index (χ4v) is 1.76. The van der Waals surface area contributed by atoms with Gasteiger partial charge in [-0.05, 0) is 6.42 Å². The van der Waals surface area contributed by atoms with Gasteiger partial charge in [-0.25, -0.2) is 0 Å². The SMILES string of the molecule is CCC(OCC1CO1)[Si](O)(O)O. The molecule has 12 heavy (non-hydrogen) atoms. The van der Waals surface area contributed by atoms with Crippen LogP contribution in [-0.2, 0) is 9.47 Å². The Morgan fingerprint density at radius 3 is 2.50 bits per heavy atom. The van der Waals surface area contributed by atoms with Gasteiger partial charge in [0.1, 0.15) is 11.8 Å². The van der Waals surface area contributed by atoms with Crippen LogP contribution < -0.4 is 0 Å². The minimum Gasteiger partial charge on any atom is -0.388 e. The molecule has 0 amide bonds. The van der Waals surface area contributed by atoms with Gasteiger partial charge >= 0.3 is 8.80 Å². The zero-order valence-electron chi connectivity index (χ0n) is 6.93. The summed E-state index contributed by atoms with van der Waals surface area (Å²) in [5.41, 5.74) is -0.832. The van der Waals surface area contributed by atoms with Crippen LogP contribution >= 0.6 is 0 Å². The molecule has 1 saturated heterocycles. The van der Waals surface area contributed by atoms with Crippen molar-refractivity contribution >= 4 is 8.80 Å². The van der Waals surface area contributed by atoms with Crippen LogP contribution in [0.4, 0.5) is 0 Å². The quantitative estimate of drug-likeness (QED) is 0.372. The summed E-state index contributed by atoms with van der Waals surface area (Å²) in [5.74, 6) is 0. The van der Waals surface area contributed by atoms with Crippen LogP contribution in [0.15, 0.2) is 0 Å². The Morgan fingerprint density at radius 2 is 2.17 bits per heavy atom. The molecule has 3 N–H and O–H groups in total. The highest BCUT2D eigenvalue weighted by atomic mass is 28.4. The Balaban J connectivity index is 2.23. The molecular weight excluding hydrogens is 180 g/mol. The minimum atomic E-state index is -4.10. The van der Waals surface area contributed by atoms with E-state index >= 15 is 0 Å². The number of ether oxygens (including phenoxy) is 2. The van der Waals surface area contributed by atoms with Gasteiger partial charge in [0.05, 0.1) is 13.2 Å². The molecule has 2 atom stereocenters. The predicted octanol–water partition coefficient (Wildman–Crippen LogP) is -1.36. The molecule has 72 valence electrons. The summed E-state index contributed by atoms with van der Waals surface area (Å²) < 4.78 is 9.93. The molecule has 0 aromatic heterocycles. The molecule has 0 saturated carbocycles. The smallest absolute Gasteiger partial charge is 0.388 e. The normalized spacial score (nSPS) is 25.5. The van der Waals surface area contributed by atoms with E-state index < -0.39 is 14.5 Å². The molecule has 1 heterocycles. The van der Waals surface area contributed by atoms with Crippen LogP contribution in [0, 0.1) is 0 Å². The maximum atomic E-state index is 8.89. The van der Waals surface area contributed by atoms with Crippen LogP contribution in [0.3, 0.4) is 0 Å². The molecule has 5 nitrogen and oxygen atoms in total. The van der Waals surface area contributed by atoms with Crippen molar-refractivity contribution in [3.05, 3.63) is 0 Å². The van der Waals surface area contributed by atoms with Gasteiger partial charge in [0.15, 0.2) is 0 Å². The van der Waals surface area contributed by atoms with E-state index in [2.05, 4.69) is 0 Å². The number of hydrogen-bond acceptors (Lipinski definition) is 5. The van der Waals surface area contributed by atoms with Crippen molar-refractivity contribution < 1.29 is 23.9 Å². The second-order valence-electron chi connectivity index (χ2n) is 2.87. The molecule has 0 aromatic carbocycles. The Kier molecular flexibility index (Phi) is 3.21. The van der Waals surface area contributed by atoms with Crippen LogP contribution in [0.25, 0.3) is 0 Å². The van der Waals surface area contributed by atoms with Gasteiger partial charge in [-0.15, -0.1) is 0 Å². The predicted molar refractivity (Wildman–Crippen MR) is 42.2 cm³/mol. The van der Waals surface area contributed by atoms with E-state index in [4.69, 9.17) is 23.9 Å². The van der Waals surface area contributed by atoms with Crippen molar-refractivity contribution in [3.8, 4) is 0 Å². The Morgan fingerprint density at radius 1 is 1.58 bits per heavy atom. The lowest BCUT2D eigenvalue weighted by molar-refractivity contribution is 0.0323. The molecule has 0 bridgehead atoms. The van der Waals surface area contributed by atoms with E-state index in [-0.39, 0.29) is 6.10 Å². The molecule has 1 aliphatic rings. The lowest BCUT2D eigenvalue weighted by Gasteiger charge is -2.20. The van der Waals surface area contributed by atoms with Gasteiger partial charge in [-0.3, -0.25) is 0 Å². The third-order valence-corrected chi connectivity index (χ3v) is 3.13. The monoisotopic (exact) mass is 194 g/mol. The van der Waals surface area contributed by atoms with E-state index in [0.29, 0.717) is 19.6 Å². The van der Waals surface area contributed by atoms with Crippen LogP contribution in [0.2, 0.25) is 0 Å². The summed E-state index contributed by atoms with van der Waals surface area (Å²) in [6.07, 6.45) is 0.470. The summed E-state index contributed by atoms with van der Waals surface area (Å²) in [6.45, 7) is 2.71. The number of epoxide rings is 1. The first-order chi connectivity index (χ1) is 5.54. The standard InChI is InChI=1S/C6H14O5Si/c1-2-6(12(7,8)9)11-4-5-3-10-5/h5-9H,2-4H2,1H3. The molecule has 0 radical (unpaired) electrons. The molecule has 1 rings (SSSR count). The summed E-state index contributed by atoms with van der Waals surface area (Å²) >= 11 is 0. The van der Waals surface area contributed by atoms with Gasteiger partial charge in [0, 0.05) is 0 Å². The van der Waals surface area contributed by atoms with Gasteiger partial charge in [0.25, 0.3) is 0 Å². The maximum Gasteiger partial charge on any atom is 0.523 e. The third kappa shape index (κ3) is 3.17. The Bertz CT molecular complexity index is 141. The van der Waals surface area contributed by atoms with Crippen LogP contribution in [0.5, 0.6) is 0 Å². The maximum absolute atomic E-state index is 8.89. The fraction of sp³-hybridized carbons (Fsp3) is 1.00. The summed E-state index contributed by atoms with van der Waals surface area (Å²) in [7, 11) is -4.10. The summed E-state index contributed by atoms with van der Waals surface area (Å²) in [5, 5.41) is 0. The van der Waals surface area contributed by atoms with E-state index in [1.54, 1.807) is 6.92 Å². The van der Waals surface area contributed by atoms with Crippen molar-refractivity contribution in [3.63, 3.8) is 0 Å². The van der Waals surface area contributed by atoms with Crippen LogP contribution in [0.1, 0.15) is 13.3 Å². The van der Waals surface area contributed by atoms with Gasteiger partial charge in [0.2, 0.25) is 0 Å². The van der Waals surface area contributed by atoms with Crippen molar-refractivity contribution in [2.24, 2.45) is 0 Å². The molecule has 1 aliphatic heterocycles. The van der Waals surface area contributed by atoms with Crippen molar-refractivity contribution in [2.75, 3.05) is 13.2 Å². The van der Waals surface area contributed by atoms with Crippen molar-refractivity contribution in [2.45, 2.75) is 25.2 Å². The molecule has 0 aromatic rings. The van der Waals surface area contributed by atoms with Crippen molar-refractivity contribution in [1.82, 2.24) is 0 Å². The Hall–Kier alpha value is 0.0169. The van der Waals surface area contributed by atoms with E-state index in [1.165, 1.54) is 0 Å². The molecule has 0 spiro atoms. The first kappa shape index (κ1) is 10.1. The molecule has 0 aliphatic carbocycles. The molecule has 2 unspecified atom stereocenters. The Labute approximate surface area is 71.9 Å². The molecule has 6 heteroatoms. The second-order valence-corrected chi connectivity index (χ2v) is 4.89. The first-order valence-electron chi connectivity index (χ1n) is 3.94. The highest BCUT2D eigenvalue weighted by Gasteiger charge is 2.40. The zero-order valence-corrected chi connectivity index (χ0v) is 7.93. The van der Waals surface area contributed by atoms with E-state index in [0.717, 1.165) is 0 Å². The molecule has 1 fully saturated rings. The van der Waals surface area contributed by atoms with E-state index in [1.807, 2.05) is 0 Å². The lowest BCUT2D eigenvalue weighted by atomic mass is 10.5. The van der Waals surface area contributed by atoms with E-state index in [9.17, 15) is 0 Å². The largest absolute Gasteiger partial charge is 0.523 e. The summed E-state index contributed by atoms with van der Waals surface area (Å²) in [6, 6.07) is 0. The highest BCUT2D eigenvalue weighted by Crippen LogP contribution is 2.13. The van der Waals surface area contributed by atoms with Gasteiger partial charge < -0.3 is 23.9 Å². The topological polar surface area (TPSA) is 82.5 Å².